The van der Waals surface area contributed by atoms with Crippen LogP contribution in [0.3, 0.4) is 0 Å². The molecule has 130 valence electrons. The SMILES string of the molecule is CC(C)C1=C(Cc2ccccc2)N=C[N+]1(C(=O)n1ccnc1)C(C)C. The second-order valence-corrected chi connectivity index (χ2v) is 7.02. The van der Waals surface area contributed by atoms with Gasteiger partial charge in [-0.3, -0.25) is 0 Å². The fraction of sp³-hybridized carbons (Fsp3) is 0.350. The maximum absolute atomic E-state index is 13.4. The van der Waals surface area contributed by atoms with Crippen LogP contribution in [-0.2, 0) is 6.42 Å². The Bertz CT molecular complexity index is 803. The van der Waals surface area contributed by atoms with Crippen molar-refractivity contribution in [2.45, 2.75) is 40.2 Å². The first-order valence-corrected chi connectivity index (χ1v) is 8.71. The number of amides is 1. The molecule has 1 amide bonds. The normalized spacial score (nSPS) is 20.1. The summed E-state index contributed by atoms with van der Waals surface area (Å²) >= 11 is 0. The number of carbonyl (C=O) groups is 1. The third-order valence-corrected chi connectivity index (χ3v) is 4.71. The van der Waals surface area contributed by atoms with Gasteiger partial charge in [-0.2, -0.15) is 4.48 Å². The van der Waals surface area contributed by atoms with Crippen molar-refractivity contribution in [2.24, 2.45) is 10.9 Å². The second-order valence-electron chi connectivity index (χ2n) is 7.02. The Morgan fingerprint density at radius 1 is 1.16 bits per heavy atom. The summed E-state index contributed by atoms with van der Waals surface area (Å²) in [5, 5.41) is 0. The Kier molecular flexibility index (Phi) is 4.68. The maximum Gasteiger partial charge on any atom is 0.439 e. The van der Waals surface area contributed by atoms with E-state index in [4.69, 9.17) is 4.99 Å². The largest absolute Gasteiger partial charge is 0.439 e. The molecule has 2 heterocycles. The minimum absolute atomic E-state index is 0.0389. The van der Waals surface area contributed by atoms with Crippen LogP contribution in [0.5, 0.6) is 0 Å². The third-order valence-electron chi connectivity index (χ3n) is 4.71. The third kappa shape index (κ3) is 2.96. The summed E-state index contributed by atoms with van der Waals surface area (Å²) in [6.07, 6.45) is 7.43. The van der Waals surface area contributed by atoms with Gasteiger partial charge in [-0.15, -0.1) is 0 Å². The van der Waals surface area contributed by atoms with Crippen molar-refractivity contribution in [3.8, 4) is 0 Å². The Balaban J connectivity index is 2.09. The predicted octanol–water partition coefficient (Wildman–Crippen LogP) is 4.23. The molecule has 1 atom stereocenters. The molecule has 3 rings (SSSR count). The van der Waals surface area contributed by atoms with Crippen LogP contribution in [-0.4, -0.2) is 32.4 Å². The van der Waals surface area contributed by atoms with E-state index in [1.165, 1.54) is 5.56 Å². The lowest BCUT2D eigenvalue weighted by atomic mass is 10.00. The lowest BCUT2D eigenvalue weighted by Crippen LogP contribution is -2.56. The number of carbonyl (C=O) groups excluding carboxylic acids is 1. The molecule has 1 aromatic heterocycles. The van der Waals surface area contributed by atoms with E-state index in [1.54, 1.807) is 29.6 Å². The quantitative estimate of drug-likeness (QED) is 0.784. The van der Waals surface area contributed by atoms with Gasteiger partial charge in [0.05, 0.1) is 0 Å². The number of hydrogen-bond acceptors (Lipinski definition) is 3. The highest BCUT2D eigenvalue weighted by Gasteiger charge is 2.50. The van der Waals surface area contributed by atoms with Crippen LogP contribution in [0.2, 0.25) is 0 Å². The molecule has 0 saturated carbocycles. The summed E-state index contributed by atoms with van der Waals surface area (Å²) in [5.41, 5.74) is 3.26. The van der Waals surface area contributed by atoms with Crippen LogP contribution in [0.25, 0.3) is 0 Å². The van der Waals surface area contributed by atoms with Gasteiger partial charge in [-0.1, -0.05) is 44.2 Å². The number of aromatic nitrogens is 2. The van der Waals surface area contributed by atoms with Gasteiger partial charge in [-0.25, -0.2) is 19.3 Å². The Morgan fingerprint density at radius 2 is 1.88 bits per heavy atom. The summed E-state index contributed by atoms with van der Waals surface area (Å²) in [7, 11) is 0. The summed E-state index contributed by atoms with van der Waals surface area (Å²) in [5.74, 6) is 0.205. The summed E-state index contributed by atoms with van der Waals surface area (Å²) in [6.45, 7) is 8.39. The van der Waals surface area contributed by atoms with Crippen molar-refractivity contribution in [3.05, 3.63) is 66.0 Å². The van der Waals surface area contributed by atoms with Crippen molar-refractivity contribution >= 4 is 12.4 Å². The molecular formula is C20H25N4O+. The monoisotopic (exact) mass is 337 g/mol. The Morgan fingerprint density at radius 3 is 2.44 bits per heavy atom. The van der Waals surface area contributed by atoms with E-state index in [1.807, 2.05) is 18.2 Å². The van der Waals surface area contributed by atoms with Crippen LogP contribution < -0.4 is 0 Å². The second kappa shape index (κ2) is 6.76. The highest BCUT2D eigenvalue weighted by molar-refractivity contribution is 5.81. The Labute approximate surface area is 148 Å². The number of benzene rings is 1. The van der Waals surface area contributed by atoms with Crippen LogP contribution in [0.15, 0.2) is 65.4 Å². The van der Waals surface area contributed by atoms with Gasteiger partial charge in [0, 0.05) is 24.7 Å². The predicted molar refractivity (Wildman–Crippen MR) is 98.9 cm³/mol. The molecule has 0 radical (unpaired) electrons. The number of rotatable bonds is 4. The fourth-order valence-corrected chi connectivity index (χ4v) is 3.54. The minimum Gasteiger partial charge on any atom is -0.245 e. The van der Waals surface area contributed by atoms with Gasteiger partial charge in [0.2, 0.25) is 6.34 Å². The average Bonchev–Trinajstić information content (AvgIpc) is 3.23. The van der Waals surface area contributed by atoms with Gasteiger partial charge in [-0.05, 0) is 19.4 Å². The van der Waals surface area contributed by atoms with Crippen molar-refractivity contribution < 1.29 is 9.28 Å². The van der Waals surface area contributed by atoms with Crippen LogP contribution in [0.1, 0.15) is 33.3 Å². The van der Waals surface area contributed by atoms with Crippen LogP contribution >= 0.6 is 0 Å². The van der Waals surface area contributed by atoms with Crippen molar-refractivity contribution in [1.82, 2.24) is 9.55 Å². The molecule has 1 aliphatic rings. The van der Waals surface area contributed by atoms with Gasteiger partial charge in [0.1, 0.15) is 23.8 Å². The molecule has 25 heavy (non-hydrogen) atoms. The molecule has 0 bridgehead atoms. The lowest BCUT2D eigenvalue weighted by Gasteiger charge is -2.35. The van der Waals surface area contributed by atoms with E-state index >= 15 is 0 Å². The molecule has 5 nitrogen and oxygen atoms in total. The highest BCUT2D eigenvalue weighted by atomic mass is 16.2. The number of hydrogen-bond donors (Lipinski definition) is 0. The van der Waals surface area contributed by atoms with Gasteiger partial charge in [0.25, 0.3) is 0 Å². The van der Waals surface area contributed by atoms with Crippen molar-refractivity contribution in [3.63, 3.8) is 0 Å². The molecule has 1 unspecified atom stereocenters. The molecule has 0 aliphatic carbocycles. The van der Waals surface area contributed by atoms with E-state index in [0.717, 1.165) is 17.8 Å². The van der Waals surface area contributed by atoms with Gasteiger partial charge in [0.15, 0.2) is 0 Å². The number of imidazole rings is 1. The summed E-state index contributed by atoms with van der Waals surface area (Å²) in [6, 6.07) is 10.3. The zero-order valence-electron chi connectivity index (χ0n) is 15.3. The molecule has 0 spiro atoms. The van der Waals surface area contributed by atoms with E-state index in [2.05, 4.69) is 44.8 Å². The zero-order valence-corrected chi connectivity index (χ0v) is 15.3. The summed E-state index contributed by atoms with van der Waals surface area (Å²) < 4.78 is 1.68. The fourth-order valence-electron chi connectivity index (χ4n) is 3.54. The smallest absolute Gasteiger partial charge is 0.245 e. The summed E-state index contributed by atoms with van der Waals surface area (Å²) in [4.78, 5) is 22.1. The first-order valence-electron chi connectivity index (χ1n) is 8.71. The molecule has 1 aromatic carbocycles. The number of aliphatic imine (C=N–C) groups is 1. The maximum atomic E-state index is 13.4. The molecule has 0 saturated heterocycles. The van der Waals surface area contributed by atoms with Gasteiger partial charge >= 0.3 is 6.03 Å². The number of nitrogens with zero attached hydrogens (tertiary/aromatic N) is 4. The zero-order chi connectivity index (χ0) is 18.0. The number of allylic oxidation sites excluding steroid dienone is 2. The minimum atomic E-state index is -0.0389. The van der Waals surface area contributed by atoms with E-state index in [-0.39, 0.29) is 22.5 Å². The molecule has 2 aromatic rings. The first-order chi connectivity index (χ1) is 12.0. The molecule has 0 fully saturated rings. The molecule has 1 aliphatic heterocycles. The highest BCUT2D eigenvalue weighted by Crippen LogP contribution is 2.37. The molecular weight excluding hydrogens is 312 g/mol. The first kappa shape index (κ1) is 17.3. The number of quaternary nitrogens is 1. The molecule has 0 N–H and O–H groups in total. The van der Waals surface area contributed by atoms with E-state index < -0.39 is 0 Å². The van der Waals surface area contributed by atoms with Crippen molar-refractivity contribution in [2.75, 3.05) is 0 Å². The lowest BCUT2D eigenvalue weighted by molar-refractivity contribution is -0.737. The van der Waals surface area contributed by atoms with Crippen LogP contribution in [0, 0.1) is 5.92 Å². The average molecular weight is 337 g/mol. The van der Waals surface area contributed by atoms with Crippen LogP contribution in [0.4, 0.5) is 4.79 Å². The van der Waals surface area contributed by atoms with E-state index in [0.29, 0.717) is 0 Å². The van der Waals surface area contributed by atoms with Crippen molar-refractivity contribution in [1.29, 1.82) is 0 Å². The standard InChI is InChI=1S/C20H25N4O/c1-15(2)19-18(12-17-8-6-5-7-9-17)22-14-24(19,16(3)4)20(25)23-11-10-21-13-23/h5-11,13-16H,12H2,1-4H3/q+1. The van der Waals surface area contributed by atoms with E-state index in [9.17, 15) is 4.79 Å². The molecule has 5 heteroatoms. The van der Waals surface area contributed by atoms with Gasteiger partial charge < -0.3 is 0 Å². The topological polar surface area (TPSA) is 47.2 Å². The Hall–Kier alpha value is -2.53.